The number of thiophene rings is 1. The van der Waals surface area contributed by atoms with Crippen molar-refractivity contribution in [3.63, 3.8) is 0 Å². The zero-order valence-corrected chi connectivity index (χ0v) is 9.67. The van der Waals surface area contributed by atoms with Crippen molar-refractivity contribution in [3.05, 3.63) is 21.9 Å². The van der Waals surface area contributed by atoms with Gasteiger partial charge in [-0.3, -0.25) is 0 Å². The molecule has 0 radical (unpaired) electrons. The summed E-state index contributed by atoms with van der Waals surface area (Å²) in [5.41, 5.74) is 0. The van der Waals surface area contributed by atoms with Crippen molar-refractivity contribution >= 4 is 23.1 Å². The van der Waals surface area contributed by atoms with Crippen molar-refractivity contribution in [2.24, 2.45) is 5.92 Å². The molecule has 1 saturated heterocycles. The Balaban J connectivity index is 2.02. The fourth-order valence-electron chi connectivity index (χ4n) is 1.46. The van der Waals surface area contributed by atoms with E-state index in [4.69, 9.17) is 0 Å². The number of nitrogens with one attached hydrogen (secondary N) is 1. The Kier molecular flexibility index (Phi) is 2.96. The molecule has 1 aromatic heterocycles. The normalized spacial score (nSPS) is 29.1. The van der Waals surface area contributed by atoms with Crippen LogP contribution in [0.4, 0.5) is 0 Å². The first kappa shape index (κ1) is 9.56. The van der Waals surface area contributed by atoms with Crippen LogP contribution in [0, 0.1) is 12.8 Å². The summed E-state index contributed by atoms with van der Waals surface area (Å²) in [6.07, 6.45) is 0. The van der Waals surface area contributed by atoms with E-state index in [0.717, 1.165) is 12.5 Å². The number of hydrogen-bond acceptors (Lipinski definition) is 3. The van der Waals surface area contributed by atoms with Gasteiger partial charge in [-0.2, -0.15) is 0 Å². The van der Waals surface area contributed by atoms with Crippen molar-refractivity contribution in [2.75, 3.05) is 12.3 Å². The van der Waals surface area contributed by atoms with E-state index in [2.05, 4.69) is 31.3 Å². The molecule has 2 rings (SSSR count). The Bertz CT molecular complexity index is 274. The lowest BCUT2D eigenvalue weighted by Gasteiger charge is -2.26. The minimum atomic E-state index is 0.551. The molecular weight excluding hydrogens is 198 g/mol. The summed E-state index contributed by atoms with van der Waals surface area (Å²) in [4.78, 5) is 2.89. The Morgan fingerprint density at radius 1 is 1.46 bits per heavy atom. The van der Waals surface area contributed by atoms with Crippen molar-refractivity contribution in [3.8, 4) is 0 Å². The van der Waals surface area contributed by atoms with Gasteiger partial charge in [-0.1, -0.05) is 6.92 Å². The number of hydrogen-bond donors (Lipinski definition) is 1. The summed E-state index contributed by atoms with van der Waals surface area (Å²) in [7, 11) is 0. The van der Waals surface area contributed by atoms with E-state index in [9.17, 15) is 0 Å². The second kappa shape index (κ2) is 4.03. The number of aryl methyl sites for hydroxylation is 1. The van der Waals surface area contributed by atoms with Crippen molar-refractivity contribution in [2.45, 2.75) is 19.2 Å². The van der Waals surface area contributed by atoms with E-state index in [1.54, 1.807) is 0 Å². The quantitative estimate of drug-likeness (QED) is 0.769. The van der Waals surface area contributed by atoms with Crippen LogP contribution in [0.2, 0.25) is 0 Å². The van der Waals surface area contributed by atoms with Crippen LogP contribution >= 0.6 is 23.1 Å². The highest BCUT2D eigenvalue weighted by Gasteiger charge is 2.20. The van der Waals surface area contributed by atoms with Crippen LogP contribution in [0.5, 0.6) is 0 Å². The van der Waals surface area contributed by atoms with Gasteiger partial charge in [0.05, 0.1) is 5.37 Å². The van der Waals surface area contributed by atoms with Crippen molar-refractivity contribution < 1.29 is 0 Å². The molecule has 13 heavy (non-hydrogen) atoms. The molecule has 0 amide bonds. The molecule has 0 saturated carbocycles. The monoisotopic (exact) mass is 213 g/mol. The molecule has 0 spiro atoms. The van der Waals surface area contributed by atoms with Crippen LogP contribution in [0.15, 0.2) is 12.1 Å². The Morgan fingerprint density at radius 2 is 2.31 bits per heavy atom. The van der Waals surface area contributed by atoms with Crippen LogP contribution in [-0.2, 0) is 0 Å². The molecule has 1 aliphatic heterocycles. The third-order valence-corrected chi connectivity index (χ3v) is 4.95. The summed E-state index contributed by atoms with van der Waals surface area (Å²) in [6, 6.07) is 4.46. The largest absolute Gasteiger partial charge is 0.301 e. The molecule has 1 nitrogen and oxygen atoms in total. The Morgan fingerprint density at radius 3 is 2.85 bits per heavy atom. The minimum Gasteiger partial charge on any atom is -0.301 e. The van der Waals surface area contributed by atoms with E-state index < -0.39 is 0 Å². The molecule has 2 unspecified atom stereocenters. The van der Waals surface area contributed by atoms with E-state index in [1.165, 1.54) is 15.5 Å². The molecular formula is C10H15NS2. The second-order valence-corrected chi connectivity index (χ2v) is 6.13. The van der Waals surface area contributed by atoms with Gasteiger partial charge in [0.15, 0.2) is 0 Å². The lowest BCUT2D eigenvalue weighted by atomic mass is 10.2. The zero-order chi connectivity index (χ0) is 9.26. The number of rotatable bonds is 1. The van der Waals surface area contributed by atoms with Gasteiger partial charge >= 0.3 is 0 Å². The Labute approximate surface area is 87.9 Å². The topological polar surface area (TPSA) is 12.0 Å². The van der Waals surface area contributed by atoms with Crippen LogP contribution in [0.25, 0.3) is 0 Å². The maximum atomic E-state index is 3.57. The van der Waals surface area contributed by atoms with Gasteiger partial charge in [0.25, 0.3) is 0 Å². The smallest absolute Gasteiger partial charge is 0.0882 e. The summed E-state index contributed by atoms with van der Waals surface area (Å²) < 4.78 is 0. The SMILES string of the molecule is Cc1ccc(C2NCC(C)CS2)s1. The fraction of sp³-hybridized carbons (Fsp3) is 0.600. The highest BCUT2D eigenvalue weighted by atomic mass is 32.2. The summed E-state index contributed by atoms with van der Waals surface area (Å²) in [6.45, 7) is 5.63. The average Bonchev–Trinajstić information content (AvgIpc) is 2.53. The summed E-state index contributed by atoms with van der Waals surface area (Å²) in [5.74, 6) is 2.11. The summed E-state index contributed by atoms with van der Waals surface area (Å²) in [5, 5.41) is 4.12. The van der Waals surface area contributed by atoms with E-state index in [-0.39, 0.29) is 0 Å². The molecule has 2 atom stereocenters. The van der Waals surface area contributed by atoms with Crippen molar-refractivity contribution in [1.82, 2.24) is 5.32 Å². The van der Waals surface area contributed by atoms with Gasteiger partial charge < -0.3 is 5.32 Å². The zero-order valence-electron chi connectivity index (χ0n) is 8.04. The maximum Gasteiger partial charge on any atom is 0.0882 e. The highest BCUT2D eigenvalue weighted by molar-refractivity contribution is 7.99. The predicted molar refractivity (Wildman–Crippen MR) is 61.4 cm³/mol. The van der Waals surface area contributed by atoms with Crippen LogP contribution in [-0.4, -0.2) is 12.3 Å². The third kappa shape index (κ3) is 2.27. The fourth-order valence-corrected chi connectivity index (χ4v) is 3.74. The van der Waals surface area contributed by atoms with Gasteiger partial charge in [0.1, 0.15) is 0 Å². The van der Waals surface area contributed by atoms with Gasteiger partial charge in [0.2, 0.25) is 0 Å². The first-order chi connectivity index (χ1) is 6.25. The highest BCUT2D eigenvalue weighted by Crippen LogP contribution is 2.34. The molecule has 0 bridgehead atoms. The second-order valence-electron chi connectivity index (χ2n) is 3.68. The molecule has 0 aliphatic carbocycles. The number of thioether (sulfide) groups is 1. The molecule has 1 aromatic rings. The molecule has 2 heterocycles. The first-order valence-electron chi connectivity index (χ1n) is 4.67. The Hall–Kier alpha value is 0.01000. The lowest BCUT2D eigenvalue weighted by molar-refractivity contribution is 0.532. The molecule has 72 valence electrons. The van der Waals surface area contributed by atoms with E-state index >= 15 is 0 Å². The standard InChI is InChI=1S/C10H15NS2/c1-7-5-11-10(12-6-7)9-4-3-8(2)13-9/h3-4,7,10-11H,5-6H2,1-2H3. The summed E-state index contributed by atoms with van der Waals surface area (Å²) >= 11 is 3.95. The van der Waals surface area contributed by atoms with Gasteiger partial charge in [0, 0.05) is 9.75 Å². The molecule has 1 aliphatic rings. The van der Waals surface area contributed by atoms with Crippen LogP contribution in [0.3, 0.4) is 0 Å². The van der Waals surface area contributed by atoms with Gasteiger partial charge in [-0.05, 0) is 37.3 Å². The molecule has 1 N–H and O–H groups in total. The maximum absolute atomic E-state index is 3.57. The average molecular weight is 213 g/mol. The van der Waals surface area contributed by atoms with Gasteiger partial charge in [-0.15, -0.1) is 23.1 Å². The first-order valence-corrected chi connectivity index (χ1v) is 6.53. The van der Waals surface area contributed by atoms with E-state index in [0.29, 0.717) is 5.37 Å². The predicted octanol–water partition coefficient (Wildman–Crippen LogP) is 3.03. The molecule has 0 aromatic carbocycles. The van der Waals surface area contributed by atoms with Crippen LogP contribution < -0.4 is 5.32 Å². The van der Waals surface area contributed by atoms with Gasteiger partial charge in [-0.25, -0.2) is 0 Å². The van der Waals surface area contributed by atoms with E-state index in [1.807, 2.05) is 23.1 Å². The van der Waals surface area contributed by atoms with Crippen LogP contribution in [0.1, 0.15) is 22.1 Å². The van der Waals surface area contributed by atoms with Crippen molar-refractivity contribution in [1.29, 1.82) is 0 Å². The minimum absolute atomic E-state index is 0.551. The molecule has 3 heteroatoms. The lowest BCUT2D eigenvalue weighted by Crippen LogP contribution is -2.30. The molecule has 1 fully saturated rings. The third-order valence-electron chi connectivity index (χ3n) is 2.22.